The summed E-state index contributed by atoms with van der Waals surface area (Å²) < 4.78 is 18.2. The van der Waals surface area contributed by atoms with Gasteiger partial charge in [0.1, 0.15) is 11.3 Å². The zero-order chi connectivity index (χ0) is 22.1. The Morgan fingerprint density at radius 1 is 1.32 bits per heavy atom. The van der Waals surface area contributed by atoms with Crippen molar-refractivity contribution in [1.82, 2.24) is 4.90 Å². The maximum atomic E-state index is 13.0. The van der Waals surface area contributed by atoms with E-state index in [2.05, 4.69) is 40.4 Å². The molecule has 0 aliphatic carbocycles. The largest absolute Gasteiger partial charge is 0.444 e. The molecule has 1 amide bonds. The van der Waals surface area contributed by atoms with Crippen molar-refractivity contribution in [3.8, 4) is 0 Å². The van der Waals surface area contributed by atoms with E-state index in [1.165, 1.54) is 0 Å². The summed E-state index contributed by atoms with van der Waals surface area (Å²) in [4.78, 5) is 14.6. The summed E-state index contributed by atoms with van der Waals surface area (Å²) in [5, 5.41) is 10.9. The second-order valence-corrected chi connectivity index (χ2v) is 15.4. The molecule has 0 saturated carbocycles. The molecule has 1 aliphatic heterocycles. The number of aliphatic hydroxyl groups is 1. The average Bonchev–Trinajstić information content (AvgIpc) is 2.77. The van der Waals surface area contributed by atoms with Gasteiger partial charge in [-0.2, -0.15) is 0 Å². The Balaban J connectivity index is 3.29. The van der Waals surface area contributed by atoms with Gasteiger partial charge in [0, 0.05) is 0 Å². The number of ether oxygens (including phenoxy) is 2. The number of nitrogens with zero attached hydrogens (tertiary/aromatic N) is 1. The molecule has 1 fully saturated rings. The predicted octanol–water partition coefficient (Wildman–Crippen LogP) is 4.69. The van der Waals surface area contributed by atoms with Crippen LogP contribution in [-0.4, -0.2) is 60.6 Å². The Kier molecular flexibility index (Phi) is 7.60. The molecule has 164 valence electrons. The van der Waals surface area contributed by atoms with Crippen LogP contribution in [0.2, 0.25) is 18.1 Å². The molecule has 0 unspecified atom stereocenters. The van der Waals surface area contributed by atoms with Gasteiger partial charge in [-0.05, 0) is 59.2 Å². The van der Waals surface area contributed by atoms with Gasteiger partial charge in [-0.15, -0.1) is 6.58 Å². The quantitative estimate of drug-likeness (QED) is 0.504. The third-order valence-corrected chi connectivity index (χ3v) is 9.99. The smallest absolute Gasteiger partial charge is 0.412 e. The maximum Gasteiger partial charge on any atom is 0.412 e. The highest BCUT2D eigenvalue weighted by molar-refractivity contribution is 6.74. The van der Waals surface area contributed by atoms with Crippen LogP contribution in [0.25, 0.3) is 0 Å². The van der Waals surface area contributed by atoms with Gasteiger partial charge >= 0.3 is 6.09 Å². The Labute approximate surface area is 172 Å². The van der Waals surface area contributed by atoms with Gasteiger partial charge in [0.25, 0.3) is 0 Å². The first-order valence-corrected chi connectivity index (χ1v) is 13.0. The SMILES string of the molecule is C=CC[C@H](O)[C@@H](O[Si](C)(C)C(C)(C)C)[C@@H]1COC(C)(C)N1C(=O)OC(C)(C)C. The summed E-state index contributed by atoms with van der Waals surface area (Å²) in [5.74, 6) is 0. The third kappa shape index (κ3) is 6.05. The van der Waals surface area contributed by atoms with Crippen molar-refractivity contribution >= 4 is 14.4 Å². The number of hydrogen-bond acceptors (Lipinski definition) is 5. The Hall–Kier alpha value is -0.893. The first-order valence-electron chi connectivity index (χ1n) is 10.1. The fraction of sp³-hybridized carbons (Fsp3) is 0.857. The molecule has 1 saturated heterocycles. The summed E-state index contributed by atoms with van der Waals surface area (Å²) in [7, 11) is -2.21. The summed E-state index contributed by atoms with van der Waals surface area (Å²) in [6, 6.07) is -0.450. The van der Waals surface area contributed by atoms with Gasteiger partial charge in [0.15, 0.2) is 8.32 Å². The molecular formula is C21H41NO5Si. The van der Waals surface area contributed by atoms with E-state index >= 15 is 0 Å². The monoisotopic (exact) mass is 415 g/mol. The third-order valence-electron chi connectivity index (χ3n) is 5.51. The van der Waals surface area contributed by atoms with Crippen LogP contribution in [0.4, 0.5) is 4.79 Å². The number of carbonyl (C=O) groups is 1. The highest BCUT2D eigenvalue weighted by Crippen LogP contribution is 2.40. The minimum absolute atomic E-state index is 0.0368. The van der Waals surface area contributed by atoms with E-state index in [0.717, 1.165) is 0 Å². The molecule has 1 rings (SSSR count). The minimum Gasteiger partial charge on any atom is -0.444 e. The molecule has 1 N–H and O–H groups in total. The predicted molar refractivity (Wildman–Crippen MR) is 115 cm³/mol. The number of hydrogen-bond donors (Lipinski definition) is 1. The van der Waals surface area contributed by atoms with Crippen LogP contribution >= 0.6 is 0 Å². The lowest BCUT2D eigenvalue weighted by Gasteiger charge is -2.44. The molecule has 1 heterocycles. The Morgan fingerprint density at radius 2 is 1.86 bits per heavy atom. The van der Waals surface area contributed by atoms with Gasteiger partial charge in [-0.1, -0.05) is 26.8 Å². The second kappa shape index (κ2) is 8.46. The normalized spacial score (nSPS) is 22.7. The lowest BCUT2D eigenvalue weighted by atomic mass is 10.0. The number of rotatable bonds is 6. The van der Waals surface area contributed by atoms with Crippen molar-refractivity contribution in [2.45, 2.75) is 110 Å². The van der Waals surface area contributed by atoms with Crippen LogP contribution in [0.3, 0.4) is 0 Å². The van der Waals surface area contributed by atoms with E-state index in [4.69, 9.17) is 13.9 Å². The van der Waals surface area contributed by atoms with Gasteiger partial charge < -0.3 is 19.0 Å². The van der Waals surface area contributed by atoms with Crippen LogP contribution < -0.4 is 0 Å². The van der Waals surface area contributed by atoms with E-state index in [1.807, 2.05) is 34.6 Å². The van der Waals surface area contributed by atoms with Crippen LogP contribution in [-0.2, 0) is 13.9 Å². The molecule has 0 aromatic heterocycles. The van der Waals surface area contributed by atoms with Crippen molar-refractivity contribution < 1.29 is 23.8 Å². The van der Waals surface area contributed by atoms with Gasteiger partial charge in [-0.25, -0.2) is 4.79 Å². The number of amides is 1. The molecule has 0 bridgehead atoms. The van der Waals surface area contributed by atoms with E-state index in [0.29, 0.717) is 6.42 Å². The van der Waals surface area contributed by atoms with Gasteiger partial charge in [0.05, 0.1) is 24.9 Å². The number of aliphatic hydroxyl groups excluding tert-OH is 1. The van der Waals surface area contributed by atoms with Gasteiger partial charge in [-0.3, -0.25) is 4.90 Å². The van der Waals surface area contributed by atoms with Crippen molar-refractivity contribution in [1.29, 1.82) is 0 Å². The van der Waals surface area contributed by atoms with Crippen molar-refractivity contribution in [2.75, 3.05) is 6.61 Å². The second-order valence-electron chi connectivity index (χ2n) is 10.6. The maximum absolute atomic E-state index is 13.0. The van der Waals surface area contributed by atoms with E-state index in [-0.39, 0.29) is 11.6 Å². The molecular weight excluding hydrogens is 374 g/mol. The fourth-order valence-electron chi connectivity index (χ4n) is 2.98. The van der Waals surface area contributed by atoms with Crippen LogP contribution in [0.15, 0.2) is 12.7 Å². The molecule has 6 nitrogen and oxygen atoms in total. The zero-order valence-electron chi connectivity index (χ0n) is 19.5. The Morgan fingerprint density at radius 3 is 2.29 bits per heavy atom. The lowest BCUT2D eigenvalue weighted by molar-refractivity contribution is -0.0743. The lowest BCUT2D eigenvalue weighted by Crippen LogP contribution is -2.59. The first kappa shape index (κ1) is 25.1. The van der Waals surface area contributed by atoms with Crippen molar-refractivity contribution in [3.05, 3.63) is 12.7 Å². The topological polar surface area (TPSA) is 68.2 Å². The highest BCUT2D eigenvalue weighted by Gasteiger charge is 2.52. The van der Waals surface area contributed by atoms with Crippen LogP contribution in [0, 0.1) is 0 Å². The van der Waals surface area contributed by atoms with Crippen molar-refractivity contribution in [2.24, 2.45) is 0 Å². The molecule has 28 heavy (non-hydrogen) atoms. The fourth-order valence-corrected chi connectivity index (χ4v) is 4.32. The zero-order valence-corrected chi connectivity index (χ0v) is 20.5. The standard InChI is InChI=1S/C21H41NO5Si/c1-12-13-16(23)17(27-28(10,11)20(5,6)7)15-14-25-21(8,9)22(15)18(24)26-19(2,3)4/h12,15-17,23H,1,13-14H2,2-11H3/t15-,16-,17-/m0/s1. The molecule has 0 aromatic carbocycles. The minimum atomic E-state index is -2.21. The van der Waals surface area contributed by atoms with E-state index in [9.17, 15) is 9.90 Å². The molecule has 0 spiro atoms. The van der Waals surface area contributed by atoms with Gasteiger partial charge in [0.2, 0.25) is 0 Å². The summed E-state index contributed by atoms with van der Waals surface area (Å²) in [6.45, 7) is 23.9. The van der Waals surface area contributed by atoms with Crippen molar-refractivity contribution in [3.63, 3.8) is 0 Å². The molecule has 3 atom stereocenters. The average molecular weight is 416 g/mol. The molecule has 7 heteroatoms. The van der Waals surface area contributed by atoms with E-state index < -0.39 is 44.0 Å². The highest BCUT2D eigenvalue weighted by atomic mass is 28.4. The number of carbonyl (C=O) groups excluding carboxylic acids is 1. The summed E-state index contributed by atoms with van der Waals surface area (Å²) in [6.07, 6.45) is 0.200. The molecule has 1 aliphatic rings. The summed E-state index contributed by atoms with van der Waals surface area (Å²) >= 11 is 0. The van der Waals surface area contributed by atoms with E-state index in [1.54, 1.807) is 11.0 Å². The Bertz CT molecular complexity index is 562. The molecule has 0 aromatic rings. The van der Waals surface area contributed by atoms with Crippen LogP contribution in [0.1, 0.15) is 61.8 Å². The van der Waals surface area contributed by atoms with Crippen LogP contribution in [0.5, 0.6) is 0 Å². The first-order chi connectivity index (χ1) is 12.4. The summed E-state index contributed by atoms with van der Waals surface area (Å²) in [5.41, 5.74) is -1.48. The molecule has 0 radical (unpaired) electrons.